The van der Waals surface area contributed by atoms with Gasteiger partial charge in [-0.25, -0.2) is 0 Å². The molecule has 2 saturated heterocycles. The van der Waals surface area contributed by atoms with Gasteiger partial charge in [0, 0.05) is 57.1 Å². The third kappa shape index (κ3) is 3.99. The molecular weight excluding hydrogens is 310 g/mol. The SMILES string of the molecule is CN1CCN(Cc2cnc(-c3ccc(N4CCCC4)cc3)cn2)CC1. The number of hydrogen-bond donors (Lipinski definition) is 0. The first kappa shape index (κ1) is 16.5. The van der Waals surface area contributed by atoms with E-state index in [1.54, 1.807) is 0 Å². The topological polar surface area (TPSA) is 35.5 Å². The van der Waals surface area contributed by atoms with Crippen molar-refractivity contribution in [2.75, 3.05) is 51.2 Å². The van der Waals surface area contributed by atoms with Crippen LogP contribution in [0.5, 0.6) is 0 Å². The summed E-state index contributed by atoms with van der Waals surface area (Å²) in [6, 6.07) is 8.75. The van der Waals surface area contributed by atoms with Crippen molar-refractivity contribution in [3.8, 4) is 11.3 Å². The molecule has 2 aromatic rings. The molecule has 5 nitrogen and oxygen atoms in total. The fourth-order valence-corrected chi connectivity index (χ4v) is 3.64. The van der Waals surface area contributed by atoms with Gasteiger partial charge in [0.2, 0.25) is 0 Å². The maximum absolute atomic E-state index is 4.64. The molecule has 5 heteroatoms. The summed E-state index contributed by atoms with van der Waals surface area (Å²) in [5.74, 6) is 0. The first-order valence-electron chi connectivity index (χ1n) is 9.35. The Labute approximate surface area is 150 Å². The molecule has 2 aliphatic heterocycles. The predicted octanol–water partition coefficient (Wildman–Crippen LogP) is 2.49. The summed E-state index contributed by atoms with van der Waals surface area (Å²) in [4.78, 5) is 16.6. The molecule has 1 aromatic carbocycles. The van der Waals surface area contributed by atoms with Crippen LogP contribution >= 0.6 is 0 Å². The molecule has 0 aliphatic carbocycles. The molecular formula is C20H27N5. The van der Waals surface area contributed by atoms with Gasteiger partial charge in [0.1, 0.15) is 0 Å². The Bertz CT molecular complexity index is 668. The van der Waals surface area contributed by atoms with Crippen LogP contribution in [0.15, 0.2) is 36.7 Å². The van der Waals surface area contributed by atoms with E-state index in [0.717, 1.165) is 49.7 Å². The standard InChI is InChI=1S/C20H27N5/c1-23-10-12-24(13-11-23)16-18-14-22-20(15-21-18)17-4-6-19(7-5-17)25-8-2-3-9-25/h4-7,14-15H,2-3,8-13,16H2,1H3. The Morgan fingerprint density at radius 1 is 0.840 bits per heavy atom. The first-order valence-corrected chi connectivity index (χ1v) is 9.35. The van der Waals surface area contributed by atoms with E-state index in [2.05, 4.69) is 56.0 Å². The average Bonchev–Trinajstić information content (AvgIpc) is 3.19. The summed E-state index contributed by atoms with van der Waals surface area (Å²) in [6.07, 6.45) is 6.46. The van der Waals surface area contributed by atoms with Crippen LogP contribution in [0, 0.1) is 0 Å². The van der Waals surface area contributed by atoms with Gasteiger partial charge in [-0.2, -0.15) is 0 Å². The molecule has 0 bridgehead atoms. The average molecular weight is 337 g/mol. The number of nitrogens with zero attached hydrogens (tertiary/aromatic N) is 5. The highest BCUT2D eigenvalue weighted by Crippen LogP contribution is 2.24. The van der Waals surface area contributed by atoms with E-state index in [9.17, 15) is 0 Å². The quantitative estimate of drug-likeness (QED) is 0.856. The first-order chi connectivity index (χ1) is 12.3. The van der Waals surface area contributed by atoms with Crippen molar-refractivity contribution in [1.29, 1.82) is 0 Å². The van der Waals surface area contributed by atoms with Crippen LogP contribution in [0.25, 0.3) is 11.3 Å². The molecule has 0 saturated carbocycles. The number of hydrogen-bond acceptors (Lipinski definition) is 5. The zero-order valence-electron chi connectivity index (χ0n) is 15.1. The van der Waals surface area contributed by atoms with Gasteiger partial charge in [0.25, 0.3) is 0 Å². The Morgan fingerprint density at radius 3 is 2.20 bits per heavy atom. The molecule has 0 spiro atoms. The molecule has 25 heavy (non-hydrogen) atoms. The van der Waals surface area contributed by atoms with Crippen LogP contribution in [0.4, 0.5) is 5.69 Å². The van der Waals surface area contributed by atoms with Gasteiger partial charge in [0.05, 0.1) is 23.8 Å². The normalized spacial score (nSPS) is 19.5. The monoisotopic (exact) mass is 337 g/mol. The Morgan fingerprint density at radius 2 is 1.56 bits per heavy atom. The molecule has 0 unspecified atom stereocenters. The number of piperazine rings is 1. The lowest BCUT2D eigenvalue weighted by atomic mass is 10.1. The minimum absolute atomic E-state index is 0.898. The Balaban J connectivity index is 1.39. The largest absolute Gasteiger partial charge is 0.372 e. The third-order valence-corrected chi connectivity index (χ3v) is 5.32. The fourth-order valence-electron chi connectivity index (χ4n) is 3.64. The van der Waals surface area contributed by atoms with Crippen molar-refractivity contribution < 1.29 is 0 Å². The zero-order valence-corrected chi connectivity index (χ0v) is 15.1. The molecule has 3 heterocycles. The minimum Gasteiger partial charge on any atom is -0.372 e. The van der Waals surface area contributed by atoms with Gasteiger partial charge in [0.15, 0.2) is 0 Å². The van der Waals surface area contributed by atoms with Crippen LogP contribution in [0.2, 0.25) is 0 Å². The summed E-state index contributed by atoms with van der Waals surface area (Å²) in [7, 11) is 2.18. The van der Waals surface area contributed by atoms with Crippen molar-refractivity contribution in [2.45, 2.75) is 19.4 Å². The number of rotatable bonds is 4. The van der Waals surface area contributed by atoms with E-state index in [-0.39, 0.29) is 0 Å². The van der Waals surface area contributed by atoms with E-state index in [4.69, 9.17) is 0 Å². The lowest BCUT2D eigenvalue weighted by molar-refractivity contribution is 0.147. The molecule has 0 N–H and O–H groups in total. The maximum Gasteiger partial charge on any atom is 0.0885 e. The van der Waals surface area contributed by atoms with Gasteiger partial charge >= 0.3 is 0 Å². The lowest BCUT2D eigenvalue weighted by Crippen LogP contribution is -2.44. The van der Waals surface area contributed by atoms with Crippen LogP contribution in [0.3, 0.4) is 0 Å². The smallest absolute Gasteiger partial charge is 0.0885 e. The van der Waals surface area contributed by atoms with Gasteiger partial charge in [-0.05, 0) is 32.0 Å². The van der Waals surface area contributed by atoms with Gasteiger partial charge in [-0.15, -0.1) is 0 Å². The van der Waals surface area contributed by atoms with Crippen molar-refractivity contribution in [3.05, 3.63) is 42.4 Å². The third-order valence-electron chi connectivity index (χ3n) is 5.32. The summed E-state index contributed by atoms with van der Waals surface area (Å²) < 4.78 is 0. The highest BCUT2D eigenvalue weighted by atomic mass is 15.2. The van der Waals surface area contributed by atoms with E-state index in [0.29, 0.717) is 0 Å². The fraction of sp³-hybridized carbons (Fsp3) is 0.500. The van der Waals surface area contributed by atoms with Crippen LogP contribution < -0.4 is 4.90 Å². The molecule has 132 valence electrons. The predicted molar refractivity (Wildman–Crippen MR) is 102 cm³/mol. The molecule has 2 aliphatic rings. The van der Waals surface area contributed by atoms with Crippen molar-refractivity contribution in [3.63, 3.8) is 0 Å². The highest BCUT2D eigenvalue weighted by Gasteiger charge is 2.15. The summed E-state index contributed by atoms with van der Waals surface area (Å²) in [5.41, 5.74) is 4.47. The Hall–Kier alpha value is -1.98. The summed E-state index contributed by atoms with van der Waals surface area (Å²) in [5, 5.41) is 0. The second-order valence-electron chi connectivity index (χ2n) is 7.21. The zero-order chi connectivity index (χ0) is 17.1. The summed E-state index contributed by atoms with van der Waals surface area (Å²) >= 11 is 0. The minimum atomic E-state index is 0.898. The number of likely N-dealkylation sites (N-methyl/N-ethyl adjacent to an activating group) is 1. The van der Waals surface area contributed by atoms with Crippen LogP contribution in [-0.4, -0.2) is 66.1 Å². The number of anilines is 1. The van der Waals surface area contributed by atoms with Gasteiger partial charge < -0.3 is 9.80 Å². The lowest BCUT2D eigenvalue weighted by Gasteiger charge is -2.31. The molecule has 1 aromatic heterocycles. The summed E-state index contributed by atoms with van der Waals surface area (Å²) in [6.45, 7) is 7.74. The molecule has 0 amide bonds. The molecule has 0 atom stereocenters. The van der Waals surface area contributed by atoms with E-state index >= 15 is 0 Å². The second kappa shape index (κ2) is 7.50. The molecule has 4 rings (SSSR count). The maximum atomic E-state index is 4.64. The van der Waals surface area contributed by atoms with Gasteiger partial charge in [-0.3, -0.25) is 14.9 Å². The molecule has 0 radical (unpaired) electrons. The van der Waals surface area contributed by atoms with E-state index in [1.165, 1.54) is 31.6 Å². The Kier molecular flexibility index (Phi) is 4.95. The van der Waals surface area contributed by atoms with Gasteiger partial charge in [-0.1, -0.05) is 12.1 Å². The van der Waals surface area contributed by atoms with E-state index < -0.39 is 0 Å². The van der Waals surface area contributed by atoms with Crippen LogP contribution in [-0.2, 0) is 6.54 Å². The number of benzene rings is 1. The second-order valence-corrected chi connectivity index (χ2v) is 7.21. The van der Waals surface area contributed by atoms with Crippen molar-refractivity contribution in [2.24, 2.45) is 0 Å². The van der Waals surface area contributed by atoms with E-state index in [1.807, 2.05) is 12.4 Å². The molecule has 2 fully saturated rings. The van der Waals surface area contributed by atoms with Crippen molar-refractivity contribution >= 4 is 5.69 Å². The van der Waals surface area contributed by atoms with Crippen molar-refractivity contribution in [1.82, 2.24) is 19.8 Å². The highest BCUT2D eigenvalue weighted by molar-refractivity contribution is 5.62. The van der Waals surface area contributed by atoms with Crippen LogP contribution in [0.1, 0.15) is 18.5 Å². The number of aromatic nitrogens is 2.